The second-order valence-electron chi connectivity index (χ2n) is 3.24. The summed E-state index contributed by atoms with van der Waals surface area (Å²) in [5.41, 5.74) is 6.36. The van der Waals surface area contributed by atoms with Crippen molar-refractivity contribution in [1.82, 2.24) is 20.5 Å². The fraction of sp³-hybridized carbons (Fsp3) is 0.222. The number of aromatic nitrogens is 3. The first kappa shape index (κ1) is 10.6. The van der Waals surface area contributed by atoms with Gasteiger partial charge in [0.1, 0.15) is 10.7 Å². The van der Waals surface area contributed by atoms with Crippen LogP contribution in [0.2, 0.25) is 0 Å². The molecule has 0 atom stereocenters. The second-order valence-corrected chi connectivity index (χ2v) is 4.47. The highest BCUT2D eigenvalue weighted by Gasteiger charge is 2.09. The number of rotatable bonds is 3. The van der Waals surface area contributed by atoms with Crippen LogP contribution >= 0.6 is 11.3 Å². The van der Waals surface area contributed by atoms with Gasteiger partial charge in [-0.25, -0.2) is 4.98 Å². The summed E-state index contributed by atoms with van der Waals surface area (Å²) in [5.74, 6) is 0.326. The fourth-order valence-electron chi connectivity index (χ4n) is 1.19. The first-order chi connectivity index (χ1) is 7.66. The molecule has 2 aromatic rings. The minimum Gasteiger partial charge on any atom is -0.384 e. The molecule has 0 bridgehead atoms. The van der Waals surface area contributed by atoms with E-state index in [-0.39, 0.29) is 5.91 Å². The number of nitrogen functional groups attached to an aromatic ring is 1. The molecule has 1 amide bonds. The predicted octanol–water partition coefficient (Wildman–Crippen LogP) is 0.687. The third-order valence-electron chi connectivity index (χ3n) is 2.04. The topological polar surface area (TPSA) is 96.7 Å². The third kappa shape index (κ3) is 2.19. The van der Waals surface area contributed by atoms with Crippen LogP contribution in [0.5, 0.6) is 0 Å². The molecule has 0 saturated carbocycles. The van der Waals surface area contributed by atoms with Gasteiger partial charge in [-0.2, -0.15) is 5.10 Å². The fourth-order valence-corrected chi connectivity index (χ4v) is 1.88. The minimum atomic E-state index is -0.147. The molecule has 0 aliphatic rings. The van der Waals surface area contributed by atoms with E-state index in [2.05, 4.69) is 20.5 Å². The van der Waals surface area contributed by atoms with E-state index in [1.807, 2.05) is 6.92 Å². The van der Waals surface area contributed by atoms with Crippen LogP contribution in [0.15, 0.2) is 12.4 Å². The van der Waals surface area contributed by atoms with Crippen molar-refractivity contribution in [1.29, 1.82) is 0 Å². The Morgan fingerprint density at radius 3 is 3.00 bits per heavy atom. The molecule has 6 nitrogen and oxygen atoms in total. The zero-order valence-electron chi connectivity index (χ0n) is 8.65. The van der Waals surface area contributed by atoms with Crippen LogP contribution in [0.4, 0.5) is 5.82 Å². The van der Waals surface area contributed by atoms with Crippen molar-refractivity contribution < 1.29 is 4.79 Å². The lowest BCUT2D eigenvalue weighted by Crippen LogP contribution is -2.22. The van der Waals surface area contributed by atoms with E-state index >= 15 is 0 Å². The maximum absolute atomic E-state index is 11.7. The van der Waals surface area contributed by atoms with Crippen LogP contribution in [-0.4, -0.2) is 21.1 Å². The van der Waals surface area contributed by atoms with Gasteiger partial charge in [-0.05, 0) is 6.92 Å². The van der Waals surface area contributed by atoms with E-state index in [9.17, 15) is 4.79 Å². The van der Waals surface area contributed by atoms with Crippen LogP contribution in [0, 0.1) is 6.92 Å². The third-order valence-corrected chi connectivity index (χ3v) is 2.95. The van der Waals surface area contributed by atoms with Gasteiger partial charge in [-0.1, -0.05) is 0 Å². The molecule has 0 aromatic carbocycles. The molecule has 0 spiro atoms. The lowest BCUT2D eigenvalue weighted by atomic mass is 10.3. The van der Waals surface area contributed by atoms with Gasteiger partial charge in [0.25, 0.3) is 5.91 Å². The Kier molecular flexibility index (Phi) is 2.86. The van der Waals surface area contributed by atoms with Crippen molar-refractivity contribution in [3.8, 4) is 0 Å². The Hall–Kier alpha value is -1.89. The number of nitrogens with zero attached hydrogens (tertiary/aromatic N) is 2. The number of thiazole rings is 1. The van der Waals surface area contributed by atoms with Crippen LogP contribution in [-0.2, 0) is 6.54 Å². The molecular formula is C9H11N5OS. The number of hydrogen-bond acceptors (Lipinski definition) is 5. The average molecular weight is 237 g/mol. The van der Waals surface area contributed by atoms with Crippen LogP contribution in [0.1, 0.15) is 20.2 Å². The number of carbonyl (C=O) groups is 1. The summed E-state index contributed by atoms with van der Waals surface area (Å²) in [7, 11) is 0. The van der Waals surface area contributed by atoms with Crippen LogP contribution < -0.4 is 11.1 Å². The molecule has 0 aliphatic carbocycles. The Morgan fingerprint density at radius 2 is 2.44 bits per heavy atom. The number of hydrogen-bond donors (Lipinski definition) is 3. The predicted molar refractivity (Wildman–Crippen MR) is 61.0 cm³/mol. The number of anilines is 1. The van der Waals surface area contributed by atoms with E-state index in [0.29, 0.717) is 17.2 Å². The summed E-state index contributed by atoms with van der Waals surface area (Å²) in [6.07, 6.45) is 3.15. The zero-order chi connectivity index (χ0) is 11.5. The second kappa shape index (κ2) is 4.31. The van der Waals surface area contributed by atoms with E-state index in [4.69, 9.17) is 5.73 Å². The normalized spacial score (nSPS) is 10.3. The molecular weight excluding hydrogens is 226 g/mol. The van der Waals surface area contributed by atoms with Crippen LogP contribution in [0.25, 0.3) is 0 Å². The molecule has 16 heavy (non-hydrogen) atoms. The van der Waals surface area contributed by atoms with Crippen molar-refractivity contribution in [3.05, 3.63) is 27.8 Å². The zero-order valence-corrected chi connectivity index (χ0v) is 9.47. The molecule has 0 radical (unpaired) electrons. The van der Waals surface area contributed by atoms with Gasteiger partial charge >= 0.3 is 0 Å². The monoisotopic (exact) mass is 237 g/mol. The number of amides is 1. The molecule has 7 heteroatoms. The summed E-state index contributed by atoms with van der Waals surface area (Å²) in [6.45, 7) is 2.22. The number of nitrogens with two attached hydrogens (primary N) is 1. The van der Waals surface area contributed by atoms with E-state index < -0.39 is 0 Å². The molecule has 0 saturated heterocycles. The molecule has 0 unspecified atom stereocenters. The highest BCUT2D eigenvalue weighted by atomic mass is 32.1. The van der Waals surface area contributed by atoms with Gasteiger partial charge < -0.3 is 11.1 Å². The molecule has 2 heterocycles. The number of carbonyl (C=O) groups excluding carboxylic acids is 1. The standard InChI is InChI=1S/C9H11N5OS/c1-5-11-4-7(16-5)9(15)12-2-6-3-13-14-8(6)10/h3-4H,2H2,1H3,(H,12,15)(H3,10,13,14). The molecule has 4 N–H and O–H groups in total. The van der Waals surface area contributed by atoms with Gasteiger partial charge in [0.2, 0.25) is 0 Å². The maximum Gasteiger partial charge on any atom is 0.263 e. The number of H-pyrrole nitrogens is 1. The first-order valence-electron chi connectivity index (χ1n) is 4.65. The Bertz CT molecular complexity index is 503. The molecule has 2 rings (SSSR count). The van der Waals surface area contributed by atoms with E-state index in [1.54, 1.807) is 12.4 Å². The van der Waals surface area contributed by atoms with E-state index in [1.165, 1.54) is 11.3 Å². The molecule has 0 fully saturated rings. The van der Waals surface area contributed by atoms with E-state index in [0.717, 1.165) is 10.6 Å². The van der Waals surface area contributed by atoms with Crippen molar-refractivity contribution in [2.75, 3.05) is 5.73 Å². The Balaban J connectivity index is 1.96. The average Bonchev–Trinajstić information content (AvgIpc) is 2.84. The summed E-state index contributed by atoms with van der Waals surface area (Å²) >= 11 is 1.36. The van der Waals surface area contributed by atoms with Gasteiger partial charge in [0.15, 0.2) is 0 Å². The van der Waals surface area contributed by atoms with Crippen molar-refractivity contribution in [2.45, 2.75) is 13.5 Å². The number of aromatic amines is 1. The maximum atomic E-state index is 11.7. The van der Waals surface area contributed by atoms with Gasteiger partial charge in [-0.15, -0.1) is 11.3 Å². The van der Waals surface area contributed by atoms with Crippen molar-refractivity contribution in [2.24, 2.45) is 0 Å². The summed E-state index contributed by atoms with van der Waals surface area (Å²) in [4.78, 5) is 16.3. The Labute approximate surface area is 95.9 Å². The smallest absolute Gasteiger partial charge is 0.263 e. The number of aryl methyl sites for hydroxylation is 1. The molecule has 2 aromatic heterocycles. The highest BCUT2D eigenvalue weighted by Crippen LogP contribution is 2.12. The van der Waals surface area contributed by atoms with Gasteiger partial charge in [-0.3, -0.25) is 9.89 Å². The summed E-state index contributed by atoms with van der Waals surface area (Å²) < 4.78 is 0. The summed E-state index contributed by atoms with van der Waals surface area (Å²) in [6, 6.07) is 0. The van der Waals surface area contributed by atoms with Gasteiger partial charge in [0.05, 0.1) is 17.4 Å². The SMILES string of the molecule is Cc1ncc(C(=O)NCc2cn[nH]c2N)s1. The van der Waals surface area contributed by atoms with Crippen molar-refractivity contribution >= 4 is 23.1 Å². The van der Waals surface area contributed by atoms with Crippen molar-refractivity contribution in [3.63, 3.8) is 0 Å². The highest BCUT2D eigenvalue weighted by molar-refractivity contribution is 7.13. The molecule has 0 aliphatic heterocycles. The minimum absolute atomic E-state index is 0.147. The lowest BCUT2D eigenvalue weighted by molar-refractivity contribution is 0.0955. The Morgan fingerprint density at radius 1 is 1.62 bits per heavy atom. The quantitative estimate of drug-likeness (QED) is 0.731. The molecule has 84 valence electrons. The largest absolute Gasteiger partial charge is 0.384 e. The van der Waals surface area contributed by atoms with Gasteiger partial charge in [0, 0.05) is 12.1 Å². The summed E-state index contributed by atoms with van der Waals surface area (Å²) in [5, 5.41) is 9.98. The number of nitrogens with one attached hydrogen (secondary N) is 2. The lowest BCUT2D eigenvalue weighted by Gasteiger charge is -2.01. The first-order valence-corrected chi connectivity index (χ1v) is 5.47. The van der Waals surface area contributed by atoms with Crippen LogP contribution in [0.3, 0.4) is 0 Å².